The molecule has 0 radical (unpaired) electrons. The second-order valence-electron chi connectivity index (χ2n) is 3.46. The Labute approximate surface area is 80.0 Å². The van der Waals surface area contributed by atoms with Crippen molar-refractivity contribution >= 4 is 6.29 Å². The minimum atomic E-state index is -0.938. The van der Waals surface area contributed by atoms with Crippen LogP contribution in [0.25, 0.3) is 0 Å². The maximum absolute atomic E-state index is 10.1. The first-order valence-corrected chi connectivity index (χ1v) is 4.50. The zero-order valence-corrected chi connectivity index (χ0v) is 8.58. The van der Waals surface area contributed by atoms with Gasteiger partial charge < -0.3 is 9.90 Å². The summed E-state index contributed by atoms with van der Waals surface area (Å²) < 4.78 is 0. The molecule has 0 aliphatic rings. The Morgan fingerprint density at radius 2 is 2.00 bits per heavy atom. The van der Waals surface area contributed by atoms with Gasteiger partial charge in [-0.25, -0.2) is 0 Å². The Balaban J connectivity index is 3.86. The average Bonchev–Trinajstić information content (AvgIpc) is 2.03. The van der Waals surface area contributed by atoms with Crippen LogP contribution in [0.1, 0.15) is 33.6 Å². The molecule has 0 heterocycles. The molecule has 74 valence electrons. The molecule has 0 bridgehead atoms. The van der Waals surface area contributed by atoms with Gasteiger partial charge in [0.2, 0.25) is 0 Å². The summed E-state index contributed by atoms with van der Waals surface area (Å²) in [6, 6.07) is 0. The standard InChI is InChI=1S/C11H18O2/c1-9(2)5-4-6-10(3)7-11(13)8-12/h5,7-8,11,13H,4,6H2,1-3H3. The fourth-order valence-corrected chi connectivity index (χ4v) is 1.00. The van der Waals surface area contributed by atoms with Crippen LogP contribution in [0.3, 0.4) is 0 Å². The highest BCUT2D eigenvalue weighted by Gasteiger charge is 1.96. The van der Waals surface area contributed by atoms with Gasteiger partial charge in [0.25, 0.3) is 0 Å². The molecule has 0 aromatic carbocycles. The van der Waals surface area contributed by atoms with Gasteiger partial charge in [-0.15, -0.1) is 0 Å². The number of hydrogen-bond acceptors (Lipinski definition) is 2. The third kappa shape index (κ3) is 7.47. The Morgan fingerprint density at radius 1 is 1.38 bits per heavy atom. The monoisotopic (exact) mass is 182 g/mol. The van der Waals surface area contributed by atoms with Crippen molar-refractivity contribution in [2.24, 2.45) is 0 Å². The first-order valence-electron chi connectivity index (χ1n) is 4.50. The Morgan fingerprint density at radius 3 is 2.46 bits per heavy atom. The molecule has 0 saturated heterocycles. The summed E-state index contributed by atoms with van der Waals surface area (Å²) in [6.07, 6.45) is 5.19. The lowest BCUT2D eigenvalue weighted by molar-refractivity contribution is -0.112. The van der Waals surface area contributed by atoms with Crippen LogP contribution in [0.2, 0.25) is 0 Å². The fourth-order valence-electron chi connectivity index (χ4n) is 1.00. The predicted molar refractivity (Wildman–Crippen MR) is 54.5 cm³/mol. The van der Waals surface area contributed by atoms with E-state index in [1.807, 2.05) is 6.92 Å². The molecule has 0 aromatic rings. The van der Waals surface area contributed by atoms with Gasteiger partial charge in [-0.05, 0) is 33.6 Å². The van der Waals surface area contributed by atoms with E-state index in [-0.39, 0.29) is 0 Å². The molecule has 2 heteroatoms. The number of carbonyl (C=O) groups is 1. The zero-order chi connectivity index (χ0) is 10.3. The first-order chi connectivity index (χ1) is 6.06. The molecule has 0 saturated carbocycles. The van der Waals surface area contributed by atoms with E-state index in [1.165, 1.54) is 5.57 Å². The summed E-state index contributed by atoms with van der Waals surface area (Å²) in [5.74, 6) is 0. The number of carbonyl (C=O) groups excluding carboxylic acids is 1. The van der Waals surface area contributed by atoms with Gasteiger partial charge in [0.1, 0.15) is 6.10 Å². The topological polar surface area (TPSA) is 37.3 Å². The molecule has 0 fully saturated rings. The Bertz CT molecular complexity index is 210. The summed E-state index contributed by atoms with van der Waals surface area (Å²) in [4.78, 5) is 10.1. The van der Waals surface area contributed by atoms with Crippen LogP contribution in [0.4, 0.5) is 0 Å². The van der Waals surface area contributed by atoms with E-state index in [2.05, 4.69) is 19.9 Å². The smallest absolute Gasteiger partial charge is 0.152 e. The molecule has 2 nitrogen and oxygen atoms in total. The van der Waals surface area contributed by atoms with E-state index in [4.69, 9.17) is 5.11 Å². The van der Waals surface area contributed by atoms with Crippen LogP contribution < -0.4 is 0 Å². The number of aliphatic hydroxyl groups is 1. The predicted octanol–water partition coefficient (Wildman–Crippen LogP) is 2.24. The van der Waals surface area contributed by atoms with Crippen molar-refractivity contribution in [3.8, 4) is 0 Å². The third-order valence-corrected chi connectivity index (χ3v) is 1.69. The Hall–Kier alpha value is -0.890. The highest BCUT2D eigenvalue weighted by molar-refractivity contribution is 5.58. The minimum Gasteiger partial charge on any atom is -0.381 e. The molecule has 0 spiro atoms. The van der Waals surface area contributed by atoms with Crippen molar-refractivity contribution in [3.05, 3.63) is 23.3 Å². The van der Waals surface area contributed by atoms with E-state index < -0.39 is 6.10 Å². The summed E-state index contributed by atoms with van der Waals surface area (Å²) in [6.45, 7) is 6.03. The number of rotatable bonds is 5. The second-order valence-corrected chi connectivity index (χ2v) is 3.46. The maximum Gasteiger partial charge on any atom is 0.152 e. The van der Waals surface area contributed by atoms with Gasteiger partial charge in [-0.3, -0.25) is 0 Å². The van der Waals surface area contributed by atoms with Crippen LogP contribution >= 0.6 is 0 Å². The number of allylic oxidation sites excluding steroid dienone is 3. The SMILES string of the molecule is CC(C)=CCCC(C)=CC(O)C=O. The van der Waals surface area contributed by atoms with Gasteiger partial charge in [-0.1, -0.05) is 23.3 Å². The highest BCUT2D eigenvalue weighted by Crippen LogP contribution is 2.06. The molecule has 1 atom stereocenters. The van der Waals surface area contributed by atoms with E-state index in [0.717, 1.165) is 18.4 Å². The quantitative estimate of drug-likeness (QED) is 0.523. The summed E-state index contributed by atoms with van der Waals surface area (Å²) in [7, 11) is 0. The second kappa shape index (κ2) is 6.61. The molecular weight excluding hydrogens is 164 g/mol. The van der Waals surface area contributed by atoms with Crippen molar-refractivity contribution in [2.45, 2.75) is 39.7 Å². The van der Waals surface area contributed by atoms with Crippen LogP contribution in [0.5, 0.6) is 0 Å². The van der Waals surface area contributed by atoms with E-state index in [9.17, 15) is 4.79 Å². The molecular formula is C11H18O2. The number of aliphatic hydroxyl groups excluding tert-OH is 1. The molecule has 1 unspecified atom stereocenters. The van der Waals surface area contributed by atoms with E-state index >= 15 is 0 Å². The van der Waals surface area contributed by atoms with E-state index in [1.54, 1.807) is 6.08 Å². The third-order valence-electron chi connectivity index (χ3n) is 1.69. The molecule has 13 heavy (non-hydrogen) atoms. The van der Waals surface area contributed by atoms with Gasteiger partial charge in [0.15, 0.2) is 6.29 Å². The zero-order valence-electron chi connectivity index (χ0n) is 8.58. The average molecular weight is 182 g/mol. The Kier molecular flexibility index (Phi) is 6.15. The van der Waals surface area contributed by atoms with E-state index in [0.29, 0.717) is 6.29 Å². The summed E-state index contributed by atoms with van der Waals surface area (Å²) >= 11 is 0. The summed E-state index contributed by atoms with van der Waals surface area (Å²) in [5.41, 5.74) is 2.35. The largest absolute Gasteiger partial charge is 0.381 e. The molecule has 0 rings (SSSR count). The maximum atomic E-state index is 10.1. The first kappa shape index (κ1) is 12.1. The molecule has 1 N–H and O–H groups in total. The van der Waals surface area contributed by atoms with Crippen molar-refractivity contribution in [1.82, 2.24) is 0 Å². The van der Waals surface area contributed by atoms with Crippen LogP contribution in [-0.4, -0.2) is 17.5 Å². The molecule has 0 amide bonds. The van der Waals surface area contributed by atoms with Gasteiger partial charge in [0.05, 0.1) is 0 Å². The normalized spacial score (nSPS) is 13.7. The summed E-state index contributed by atoms with van der Waals surface area (Å²) in [5, 5.41) is 8.98. The van der Waals surface area contributed by atoms with Crippen molar-refractivity contribution in [3.63, 3.8) is 0 Å². The lowest BCUT2D eigenvalue weighted by Gasteiger charge is -2.00. The molecule has 0 aliphatic heterocycles. The van der Waals surface area contributed by atoms with Crippen molar-refractivity contribution < 1.29 is 9.90 Å². The lowest BCUT2D eigenvalue weighted by Crippen LogP contribution is -2.03. The lowest BCUT2D eigenvalue weighted by atomic mass is 10.1. The number of aldehydes is 1. The van der Waals surface area contributed by atoms with Gasteiger partial charge in [-0.2, -0.15) is 0 Å². The molecule has 0 aliphatic carbocycles. The highest BCUT2D eigenvalue weighted by atomic mass is 16.3. The minimum absolute atomic E-state index is 0.532. The van der Waals surface area contributed by atoms with Gasteiger partial charge in [0, 0.05) is 0 Å². The number of hydrogen-bond donors (Lipinski definition) is 1. The van der Waals surface area contributed by atoms with Crippen LogP contribution in [-0.2, 0) is 4.79 Å². The van der Waals surface area contributed by atoms with Crippen molar-refractivity contribution in [2.75, 3.05) is 0 Å². The van der Waals surface area contributed by atoms with Crippen molar-refractivity contribution in [1.29, 1.82) is 0 Å². The van der Waals surface area contributed by atoms with Crippen LogP contribution in [0, 0.1) is 0 Å². The van der Waals surface area contributed by atoms with Crippen LogP contribution in [0.15, 0.2) is 23.3 Å². The molecule has 0 aromatic heterocycles. The fraction of sp³-hybridized carbons (Fsp3) is 0.545. The van der Waals surface area contributed by atoms with Gasteiger partial charge >= 0.3 is 0 Å².